The van der Waals surface area contributed by atoms with Crippen LogP contribution in [0.5, 0.6) is 0 Å². The summed E-state index contributed by atoms with van der Waals surface area (Å²) in [7, 11) is 0. The van der Waals surface area contributed by atoms with Gasteiger partial charge in [0, 0.05) is 43.4 Å². The average Bonchev–Trinajstić information content (AvgIpc) is 3.24. The summed E-state index contributed by atoms with van der Waals surface area (Å²) in [5.74, 6) is -0.0538. The first-order chi connectivity index (χ1) is 17.1. The summed E-state index contributed by atoms with van der Waals surface area (Å²) >= 11 is 0. The minimum absolute atomic E-state index is 0.0778. The van der Waals surface area contributed by atoms with Gasteiger partial charge in [0.15, 0.2) is 5.60 Å². The monoisotopic (exact) mass is 490 g/mol. The zero-order valence-corrected chi connectivity index (χ0v) is 21.6. The fourth-order valence-corrected chi connectivity index (χ4v) is 6.81. The van der Waals surface area contributed by atoms with Crippen molar-refractivity contribution in [2.45, 2.75) is 70.1 Å². The number of nitrogens with zero attached hydrogens (tertiary/aromatic N) is 2. The third-order valence-electron chi connectivity index (χ3n) is 8.69. The predicted molar refractivity (Wildman–Crippen MR) is 138 cm³/mol. The molecule has 1 saturated heterocycles. The Kier molecular flexibility index (Phi) is 6.36. The molecule has 0 radical (unpaired) electrons. The number of likely N-dealkylation sites (tertiary alicyclic amines) is 1. The Morgan fingerprint density at radius 2 is 1.53 bits per heavy atom. The van der Waals surface area contributed by atoms with Crippen molar-refractivity contribution in [2.75, 3.05) is 13.1 Å². The number of hydrogen-bond acceptors (Lipinski definition) is 3. The second-order valence-corrected chi connectivity index (χ2v) is 12.0. The highest BCUT2D eigenvalue weighted by molar-refractivity contribution is 5.87. The number of benzene rings is 2. The first kappa shape index (κ1) is 24.8. The van der Waals surface area contributed by atoms with E-state index in [1.165, 1.54) is 0 Å². The molecule has 192 valence electrons. The molecule has 3 aliphatic rings. The molecule has 2 aliphatic carbocycles. The van der Waals surface area contributed by atoms with Crippen molar-refractivity contribution in [3.63, 3.8) is 0 Å². The summed E-state index contributed by atoms with van der Waals surface area (Å²) in [6, 6.07) is 17.3. The minimum atomic E-state index is -1.51. The lowest BCUT2D eigenvalue weighted by Gasteiger charge is -2.37. The maximum absolute atomic E-state index is 13.8. The fraction of sp³-hybridized carbons (Fsp3) is 0.533. The summed E-state index contributed by atoms with van der Waals surface area (Å²) in [4.78, 5) is 29.5. The predicted octanol–water partition coefficient (Wildman–Crippen LogP) is 5.00. The Labute approximate surface area is 213 Å². The molecule has 5 rings (SSSR count). The van der Waals surface area contributed by atoms with E-state index in [-0.39, 0.29) is 35.1 Å². The van der Waals surface area contributed by atoms with E-state index >= 15 is 0 Å². The molecule has 3 unspecified atom stereocenters. The largest absolute Gasteiger partial charge is 0.465 e. The van der Waals surface area contributed by atoms with Gasteiger partial charge in [0.1, 0.15) is 0 Å². The third-order valence-corrected chi connectivity index (χ3v) is 8.69. The summed E-state index contributed by atoms with van der Waals surface area (Å²) in [6.07, 6.45) is 2.84. The SMILES string of the molecule is CC(C)(C)c1ccccc1CN(C(=O)O)C1C2CN(C(=O)C(O)(c3ccccc3)C3CCCC3)CC21. The van der Waals surface area contributed by atoms with Crippen molar-refractivity contribution >= 4 is 12.0 Å². The molecule has 6 heteroatoms. The zero-order valence-electron chi connectivity index (χ0n) is 21.6. The van der Waals surface area contributed by atoms with Crippen molar-refractivity contribution in [1.82, 2.24) is 9.80 Å². The first-order valence-electron chi connectivity index (χ1n) is 13.3. The number of fused-ring (bicyclic) bond motifs is 1. The lowest BCUT2D eigenvalue weighted by Crippen LogP contribution is -2.51. The molecular formula is C30H38N2O4. The molecule has 0 bridgehead atoms. The lowest BCUT2D eigenvalue weighted by atomic mass is 9.79. The molecule has 0 aromatic heterocycles. The Balaban J connectivity index is 1.32. The van der Waals surface area contributed by atoms with Crippen LogP contribution in [0.15, 0.2) is 54.6 Å². The topological polar surface area (TPSA) is 81.1 Å². The summed E-state index contributed by atoms with van der Waals surface area (Å²) in [6.45, 7) is 7.78. The van der Waals surface area contributed by atoms with E-state index in [4.69, 9.17) is 0 Å². The Bertz CT molecular complexity index is 1110. The van der Waals surface area contributed by atoms with E-state index in [9.17, 15) is 19.8 Å². The van der Waals surface area contributed by atoms with Gasteiger partial charge in [0.05, 0.1) is 0 Å². The number of carbonyl (C=O) groups excluding carboxylic acids is 1. The summed E-state index contributed by atoms with van der Waals surface area (Å²) < 4.78 is 0. The van der Waals surface area contributed by atoms with Crippen LogP contribution in [0.3, 0.4) is 0 Å². The highest BCUT2D eigenvalue weighted by Gasteiger charge is 2.62. The normalized spacial score (nSPS) is 25.3. The van der Waals surface area contributed by atoms with Gasteiger partial charge in [-0.25, -0.2) is 4.79 Å². The molecule has 1 aliphatic heterocycles. The number of amides is 2. The van der Waals surface area contributed by atoms with Crippen molar-refractivity contribution in [2.24, 2.45) is 17.8 Å². The second-order valence-electron chi connectivity index (χ2n) is 12.0. The van der Waals surface area contributed by atoms with Gasteiger partial charge in [-0.2, -0.15) is 0 Å². The first-order valence-corrected chi connectivity index (χ1v) is 13.3. The van der Waals surface area contributed by atoms with E-state index in [1.807, 2.05) is 48.5 Å². The maximum Gasteiger partial charge on any atom is 0.407 e. The van der Waals surface area contributed by atoms with E-state index in [2.05, 4.69) is 26.8 Å². The van der Waals surface area contributed by atoms with Crippen molar-refractivity contribution in [3.8, 4) is 0 Å². The molecule has 1 heterocycles. The van der Waals surface area contributed by atoms with Crippen LogP contribution in [0.1, 0.15) is 63.1 Å². The van der Waals surface area contributed by atoms with E-state index in [1.54, 1.807) is 9.80 Å². The quantitative estimate of drug-likeness (QED) is 0.597. The maximum atomic E-state index is 13.8. The van der Waals surface area contributed by atoms with Gasteiger partial charge >= 0.3 is 6.09 Å². The van der Waals surface area contributed by atoms with Crippen LogP contribution >= 0.6 is 0 Å². The minimum Gasteiger partial charge on any atom is -0.465 e. The van der Waals surface area contributed by atoms with E-state index in [0.717, 1.165) is 36.8 Å². The van der Waals surface area contributed by atoms with Crippen LogP contribution in [-0.2, 0) is 22.4 Å². The van der Waals surface area contributed by atoms with Crippen molar-refractivity contribution in [1.29, 1.82) is 0 Å². The molecule has 3 atom stereocenters. The fourth-order valence-electron chi connectivity index (χ4n) is 6.81. The van der Waals surface area contributed by atoms with Crippen LogP contribution < -0.4 is 0 Å². The van der Waals surface area contributed by atoms with Gasteiger partial charge in [-0.15, -0.1) is 0 Å². The zero-order chi connectivity index (χ0) is 25.7. The number of hydrogen-bond donors (Lipinski definition) is 2. The molecule has 36 heavy (non-hydrogen) atoms. The van der Waals surface area contributed by atoms with Crippen LogP contribution in [0.25, 0.3) is 0 Å². The number of rotatable bonds is 6. The van der Waals surface area contributed by atoms with Gasteiger partial charge in [-0.05, 0) is 34.9 Å². The number of carbonyl (C=O) groups is 2. The highest BCUT2D eigenvalue weighted by atomic mass is 16.4. The van der Waals surface area contributed by atoms with Gasteiger partial charge in [0.2, 0.25) is 0 Å². The molecule has 2 N–H and O–H groups in total. The number of carboxylic acid groups (broad SMARTS) is 1. The smallest absolute Gasteiger partial charge is 0.407 e. The third kappa shape index (κ3) is 4.30. The van der Waals surface area contributed by atoms with Gasteiger partial charge < -0.3 is 20.0 Å². The molecule has 6 nitrogen and oxygen atoms in total. The van der Waals surface area contributed by atoms with E-state index < -0.39 is 11.7 Å². The van der Waals surface area contributed by atoms with Crippen LogP contribution in [-0.4, -0.2) is 51.1 Å². The average molecular weight is 491 g/mol. The van der Waals surface area contributed by atoms with E-state index in [0.29, 0.717) is 25.2 Å². The van der Waals surface area contributed by atoms with Crippen molar-refractivity contribution in [3.05, 3.63) is 71.3 Å². The number of aliphatic hydroxyl groups is 1. The number of piperidine rings is 1. The van der Waals surface area contributed by atoms with Gasteiger partial charge in [-0.1, -0.05) is 88.2 Å². The molecular weight excluding hydrogens is 452 g/mol. The molecule has 2 aromatic carbocycles. The van der Waals surface area contributed by atoms with Crippen LogP contribution in [0, 0.1) is 17.8 Å². The van der Waals surface area contributed by atoms with Gasteiger partial charge in [0.25, 0.3) is 5.91 Å². The highest BCUT2D eigenvalue weighted by Crippen LogP contribution is 2.51. The standard InChI is InChI=1S/C30H38N2O4/c1-29(2,3)25-16-10-7-11-20(25)17-32(28(34)35)26-23-18-31(19-24(23)26)27(33)30(36,22-14-8-9-15-22)21-12-5-4-6-13-21/h4-7,10-13,16,22-24,26,36H,8-9,14-15,17-19H2,1-3H3,(H,34,35). The van der Waals surface area contributed by atoms with Crippen LogP contribution in [0.4, 0.5) is 4.79 Å². The molecule has 0 spiro atoms. The molecule has 3 fully saturated rings. The van der Waals surface area contributed by atoms with Gasteiger partial charge in [-0.3, -0.25) is 4.79 Å². The summed E-state index contributed by atoms with van der Waals surface area (Å²) in [5.41, 5.74) is 1.27. The molecule has 2 amide bonds. The van der Waals surface area contributed by atoms with Crippen molar-refractivity contribution < 1.29 is 19.8 Å². The second kappa shape index (κ2) is 9.22. The Hall–Kier alpha value is -2.86. The Morgan fingerprint density at radius 3 is 2.11 bits per heavy atom. The molecule has 2 aromatic rings. The molecule has 2 saturated carbocycles. The lowest BCUT2D eigenvalue weighted by molar-refractivity contribution is -0.159. The Morgan fingerprint density at radius 1 is 0.944 bits per heavy atom. The van der Waals surface area contributed by atoms with Crippen LogP contribution in [0.2, 0.25) is 0 Å². The summed E-state index contributed by atoms with van der Waals surface area (Å²) in [5, 5.41) is 22.0.